The van der Waals surface area contributed by atoms with Crippen molar-refractivity contribution in [2.45, 2.75) is 26.3 Å². The van der Waals surface area contributed by atoms with Crippen molar-refractivity contribution < 1.29 is 9.90 Å². The van der Waals surface area contributed by atoms with Crippen LogP contribution in [0.5, 0.6) is 5.75 Å². The molecule has 1 amide bonds. The fourth-order valence-electron chi connectivity index (χ4n) is 4.27. The lowest BCUT2D eigenvalue weighted by Crippen LogP contribution is -2.19. The van der Waals surface area contributed by atoms with Gasteiger partial charge in [0, 0.05) is 35.3 Å². The largest absolute Gasteiger partial charge is 0.508 e. The smallest absolute Gasteiger partial charge is 0.249 e. The second-order valence-electron chi connectivity index (χ2n) is 7.98. The van der Waals surface area contributed by atoms with Gasteiger partial charge in [0.2, 0.25) is 11.9 Å². The molecule has 0 unspecified atom stereocenters. The Morgan fingerprint density at radius 3 is 2.88 bits per heavy atom. The molecule has 0 saturated heterocycles. The number of nitrogens with two attached hydrogens (primary N) is 1. The van der Waals surface area contributed by atoms with Gasteiger partial charge < -0.3 is 21.5 Å². The van der Waals surface area contributed by atoms with Gasteiger partial charge in [-0.1, -0.05) is 18.2 Å². The summed E-state index contributed by atoms with van der Waals surface area (Å²) in [6, 6.07) is 14.6. The molecule has 0 fully saturated rings. The van der Waals surface area contributed by atoms with E-state index in [0.29, 0.717) is 18.1 Å². The maximum atomic E-state index is 11.9. The van der Waals surface area contributed by atoms with Crippen molar-refractivity contribution >= 4 is 28.4 Å². The molecule has 8 nitrogen and oxygen atoms in total. The Balaban J connectivity index is 1.61. The number of carbonyl (C=O) groups is 1. The van der Waals surface area contributed by atoms with E-state index in [9.17, 15) is 9.90 Å². The van der Waals surface area contributed by atoms with Crippen molar-refractivity contribution in [2.24, 2.45) is 5.73 Å². The molecule has 2 aromatic heterocycles. The number of phenolic OH excluding ortho intramolecular Hbond substituents is 1. The van der Waals surface area contributed by atoms with Crippen molar-refractivity contribution in [3.05, 3.63) is 70.9 Å². The van der Waals surface area contributed by atoms with Gasteiger partial charge in [0.1, 0.15) is 17.4 Å². The molecule has 0 spiro atoms. The maximum Gasteiger partial charge on any atom is 0.249 e. The highest BCUT2D eigenvalue weighted by molar-refractivity contribution is 6.06. The molecule has 2 aromatic carbocycles. The van der Waals surface area contributed by atoms with Crippen LogP contribution in [0.3, 0.4) is 0 Å². The number of carbonyl (C=O) groups excluding carboxylic acids is 1. The van der Waals surface area contributed by atoms with Crippen LogP contribution in [0.15, 0.2) is 48.5 Å². The van der Waals surface area contributed by atoms with E-state index in [2.05, 4.69) is 10.6 Å². The number of hydrogen-bond donors (Lipinski definition) is 4. The predicted octanol–water partition coefficient (Wildman–Crippen LogP) is 3.50. The molecule has 162 valence electrons. The lowest BCUT2D eigenvalue weighted by Gasteiger charge is -2.22. The van der Waals surface area contributed by atoms with Gasteiger partial charge in [0.25, 0.3) is 0 Å². The van der Waals surface area contributed by atoms with E-state index in [-0.39, 0.29) is 5.75 Å². The van der Waals surface area contributed by atoms with E-state index in [4.69, 9.17) is 15.7 Å². The van der Waals surface area contributed by atoms with Crippen molar-refractivity contribution in [1.82, 2.24) is 14.5 Å². The number of aromatic nitrogens is 3. The number of hydrogen-bond acceptors (Lipinski definition) is 6. The molecular weight excluding hydrogens is 404 g/mol. The summed E-state index contributed by atoms with van der Waals surface area (Å²) in [5.74, 6) is 1.86. The third-order valence-corrected chi connectivity index (χ3v) is 5.76. The van der Waals surface area contributed by atoms with Crippen molar-refractivity contribution in [1.29, 1.82) is 0 Å². The first-order chi connectivity index (χ1) is 15.5. The van der Waals surface area contributed by atoms with Crippen LogP contribution in [0.4, 0.5) is 11.6 Å². The van der Waals surface area contributed by atoms with Gasteiger partial charge in [-0.2, -0.15) is 9.97 Å². The lowest BCUT2D eigenvalue weighted by atomic mass is 10.1. The minimum atomic E-state index is -0.464. The van der Waals surface area contributed by atoms with Gasteiger partial charge in [0.15, 0.2) is 0 Å². The third-order valence-electron chi connectivity index (χ3n) is 5.76. The first kappa shape index (κ1) is 19.9. The van der Waals surface area contributed by atoms with Gasteiger partial charge in [0.05, 0.1) is 5.52 Å². The molecule has 0 atom stereocenters. The Hall–Kier alpha value is -4.07. The number of fused-ring (bicyclic) bond motifs is 2. The van der Waals surface area contributed by atoms with E-state index in [1.54, 1.807) is 18.2 Å². The number of aryl methyl sites for hydroxylation is 1. The molecule has 4 aromatic rings. The number of aromatic hydroxyl groups is 1. The minimum absolute atomic E-state index is 0.232. The zero-order chi connectivity index (χ0) is 22.2. The fraction of sp³-hybridized carbons (Fsp3) is 0.208. The monoisotopic (exact) mass is 428 g/mol. The second kappa shape index (κ2) is 7.88. The van der Waals surface area contributed by atoms with E-state index < -0.39 is 5.91 Å². The Morgan fingerprint density at radius 2 is 2.06 bits per heavy atom. The molecule has 32 heavy (non-hydrogen) atoms. The number of rotatable bonds is 5. The van der Waals surface area contributed by atoms with Gasteiger partial charge in [-0.15, -0.1) is 0 Å². The van der Waals surface area contributed by atoms with Gasteiger partial charge >= 0.3 is 0 Å². The first-order valence-corrected chi connectivity index (χ1v) is 10.6. The van der Waals surface area contributed by atoms with E-state index in [1.807, 2.05) is 41.8 Å². The number of nitrogens with zero attached hydrogens (tertiary/aromatic N) is 3. The molecule has 8 heteroatoms. The quantitative estimate of drug-likeness (QED) is 0.386. The normalized spacial score (nSPS) is 12.9. The summed E-state index contributed by atoms with van der Waals surface area (Å²) in [6.07, 6.45) is 1.88. The molecule has 0 radical (unpaired) electrons. The summed E-state index contributed by atoms with van der Waals surface area (Å²) < 4.78 is 1.94. The number of nitrogens with one attached hydrogen (secondary N) is 2. The SMILES string of the molecule is Cc1cc2c(C(N)=O)cccc2n1-c1nc2c(c(NCc3cccc(O)c3)n1)CCCN2. The summed E-state index contributed by atoms with van der Waals surface area (Å²) >= 11 is 0. The first-order valence-electron chi connectivity index (χ1n) is 10.6. The van der Waals surface area contributed by atoms with Crippen molar-refractivity contribution in [2.75, 3.05) is 17.2 Å². The van der Waals surface area contributed by atoms with Crippen LogP contribution in [-0.4, -0.2) is 32.1 Å². The molecule has 0 bridgehead atoms. The number of primary amides is 1. The number of amides is 1. The molecule has 3 heterocycles. The van der Waals surface area contributed by atoms with Crippen LogP contribution in [-0.2, 0) is 13.0 Å². The van der Waals surface area contributed by atoms with Crippen LogP contribution >= 0.6 is 0 Å². The average molecular weight is 428 g/mol. The molecule has 0 saturated carbocycles. The number of benzene rings is 2. The van der Waals surface area contributed by atoms with Crippen LogP contribution in [0.2, 0.25) is 0 Å². The lowest BCUT2D eigenvalue weighted by molar-refractivity contribution is 0.100. The Bertz CT molecular complexity index is 1340. The zero-order valence-corrected chi connectivity index (χ0v) is 17.7. The summed E-state index contributed by atoms with van der Waals surface area (Å²) in [7, 11) is 0. The second-order valence-corrected chi connectivity index (χ2v) is 7.98. The van der Waals surface area contributed by atoms with Crippen LogP contribution < -0.4 is 16.4 Å². The van der Waals surface area contributed by atoms with Gasteiger partial charge in [-0.05, 0) is 55.7 Å². The Labute approximate surface area is 185 Å². The van der Waals surface area contributed by atoms with Crippen molar-refractivity contribution in [3.8, 4) is 11.7 Å². The third kappa shape index (κ3) is 3.49. The maximum absolute atomic E-state index is 11.9. The summed E-state index contributed by atoms with van der Waals surface area (Å²) in [5, 5.41) is 17.4. The molecule has 5 N–H and O–H groups in total. The minimum Gasteiger partial charge on any atom is -0.508 e. The van der Waals surface area contributed by atoms with E-state index >= 15 is 0 Å². The summed E-state index contributed by atoms with van der Waals surface area (Å²) in [6.45, 7) is 3.34. The van der Waals surface area contributed by atoms with Gasteiger partial charge in [-0.25, -0.2) is 0 Å². The van der Waals surface area contributed by atoms with Crippen LogP contribution in [0.25, 0.3) is 16.9 Å². The number of phenols is 1. The van der Waals surface area contributed by atoms with E-state index in [1.165, 1.54) is 0 Å². The fourth-order valence-corrected chi connectivity index (χ4v) is 4.27. The van der Waals surface area contributed by atoms with Crippen LogP contribution in [0.1, 0.15) is 33.6 Å². The molecular formula is C24H24N6O2. The predicted molar refractivity (Wildman–Crippen MR) is 124 cm³/mol. The van der Waals surface area contributed by atoms with Gasteiger partial charge in [-0.3, -0.25) is 9.36 Å². The van der Waals surface area contributed by atoms with E-state index in [0.717, 1.165) is 58.7 Å². The Morgan fingerprint density at radius 1 is 1.22 bits per heavy atom. The summed E-state index contributed by atoms with van der Waals surface area (Å²) in [5.41, 5.74) is 9.79. The highest BCUT2D eigenvalue weighted by Gasteiger charge is 2.21. The molecule has 1 aliphatic heterocycles. The summed E-state index contributed by atoms with van der Waals surface area (Å²) in [4.78, 5) is 21.6. The standard InChI is InChI=1S/C24H24N6O2/c1-14-11-19-17(21(25)32)7-3-9-20(19)30(14)24-28-22-18(8-4-10-26-22)23(29-24)27-13-15-5-2-6-16(31)12-15/h2-3,5-7,9,11-12,31H,4,8,10,13H2,1H3,(H2,25,32)(H2,26,27,28,29). The highest BCUT2D eigenvalue weighted by atomic mass is 16.3. The van der Waals surface area contributed by atoms with Crippen molar-refractivity contribution in [3.63, 3.8) is 0 Å². The topological polar surface area (TPSA) is 118 Å². The molecule has 1 aliphatic rings. The molecule has 0 aliphatic carbocycles. The zero-order valence-electron chi connectivity index (χ0n) is 17.7. The average Bonchev–Trinajstić information content (AvgIpc) is 3.13. The number of anilines is 2. The highest BCUT2D eigenvalue weighted by Crippen LogP contribution is 2.31. The molecule has 5 rings (SSSR count). The Kier molecular flexibility index (Phi) is 4.89. The van der Waals surface area contributed by atoms with Crippen LogP contribution in [0, 0.1) is 6.92 Å².